The Labute approximate surface area is 332 Å². The van der Waals surface area contributed by atoms with Crippen molar-refractivity contribution in [3.05, 3.63) is 48.6 Å². The number of phosphoric acid groups is 1. The summed E-state index contributed by atoms with van der Waals surface area (Å²) in [5.74, 6) is -0.208. The minimum Gasteiger partial charge on any atom is -0.387 e. The van der Waals surface area contributed by atoms with Gasteiger partial charge in [-0.2, -0.15) is 0 Å². The van der Waals surface area contributed by atoms with Crippen molar-refractivity contribution in [2.75, 3.05) is 19.8 Å². The SMILES string of the molecule is CCCCCCC/C=C\C/C=C\C/C=C\CCCCCCCCC(=O)NC(COP(=O)(O)OCCN)C(O)/C=C/CCCCCCCCCCCCCC. The molecule has 0 aliphatic heterocycles. The zero-order valence-corrected chi connectivity index (χ0v) is 35.8. The molecule has 0 aromatic carbocycles. The number of carbonyl (C=O) groups excluding carboxylic acids is 1. The van der Waals surface area contributed by atoms with E-state index in [9.17, 15) is 19.4 Å². The summed E-state index contributed by atoms with van der Waals surface area (Å²) in [4.78, 5) is 22.7. The Balaban J connectivity index is 4.22. The van der Waals surface area contributed by atoms with Crippen molar-refractivity contribution < 1.29 is 28.4 Å². The molecule has 5 N–H and O–H groups in total. The number of allylic oxidation sites excluding steroid dienone is 7. The second kappa shape index (κ2) is 41.1. The zero-order chi connectivity index (χ0) is 39.6. The second-order valence-electron chi connectivity index (χ2n) is 14.9. The fourth-order valence-corrected chi connectivity index (χ4v) is 7.02. The standard InChI is InChI=1S/C45H85N2O6P/c1-3-5-7-9-11-13-15-17-19-20-21-22-23-24-25-27-29-31-33-35-37-39-45(49)47-43(42-53-54(50,51)52-41-40-46)44(48)38-36-34-32-30-28-26-18-16-14-12-10-8-6-4-2/h15,17,20-21,23-24,36,38,43-44,48H,3-14,16,18-19,22,25-35,37,39-42,46H2,1-2H3,(H,47,49)(H,50,51)/b17-15-,21-20-,24-23-,38-36+. The highest BCUT2D eigenvalue weighted by atomic mass is 31.2. The average Bonchev–Trinajstić information content (AvgIpc) is 3.16. The normalized spacial score (nSPS) is 14.5. The Bertz CT molecular complexity index is 985. The highest BCUT2D eigenvalue weighted by molar-refractivity contribution is 7.47. The molecule has 0 radical (unpaired) electrons. The first-order chi connectivity index (χ1) is 26.4. The van der Waals surface area contributed by atoms with Crippen LogP contribution in [0.15, 0.2) is 48.6 Å². The minimum atomic E-state index is -4.34. The molecule has 0 rings (SSSR count). The maximum Gasteiger partial charge on any atom is 0.472 e. The van der Waals surface area contributed by atoms with E-state index in [4.69, 9.17) is 14.8 Å². The third-order valence-corrected chi connectivity index (χ3v) is 10.6. The largest absolute Gasteiger partial charge is 0.472 e. The first-order valence-electron chi connectivity index (χ1n) is 22.3. The number of carbonyl (C=O) groups is 1. The molecule has 0 aliphatic rings. The second-order valence-corrected chi connectivity index (χ2v) is 16.4. The molecule has 0 bridgehead atoms. The van der Waals surface area contributed by atoms with Crippen molar-refractivity contribution in [2.45, 2.75) is 212 Å². The quantitative estimate of drug-likeness (QED) is 0.0276. The summed E-state index contributed by atoms with van der Waals surface area (Å²) in [6.45, 7) is 4.11. The lowest BCUT2D eigenvalue weighted by Gasteiger charge is -2.23. The van der Waals surface area contributed by atoms with Crippen LogP contribution in [0.4, 0.5) is 0 Å². The Morgan fingerprint density at radius 2 is 1.02 bits per heavy atom. The first kappa shape index (κ1) is 52.5. The molecule has 0 fully saturated rings. The van der Waals surface area contributed by atoms with Crippen LogP contribution in [0, 0.1) is 0 Å². The number of hydrogen-bond donors (Lipinski definition) is 4. The maximum absolute atomic E-state index is 12.8. The molecule has 8 nitrogen and oxygen atoms in total. The Kier molecular flexibility index (Phi) is 39.9. The lowest BCUT2D eigenvalue weighted by atomic mass is 10.0. The van der Waals surface area contributed by atoms with Gasteiger partial charge in [-0.25, -0.2) is 4.57 Å². The maximum atomic E-state index is 12.8. The van der Waals surface area contributed by atoms with Crippen LogP contribution in [0.25, 0.3) is 0 Å². The van der Waals surface area contributed by atoms with Crippen LogP contribution >= 0.6 is 7.82 Å². The van der Waals surface area contributed by atoms with Crippen LogP contribution in [0.1, 0.15) is 200 Å². The van der Waals surface area contributed by atoms with E-state index in [1.165, 1.54) is 116 Å². The molecule has 3 unspecified atom stereocenters. The fraction of sp³-hybridized carbons (Fsp3) is 0.800. The fourth-order valence-electron chi connectivity index (χ4n) is 6.26. The van der Waals surface area contributed by atoms with Gasteiger partial charge < -0.3 is 21.1 Å². The highest BCUT2D eigenvalue weighted by Crippen LogP contribution is 2.43. The van der Waals surface area contributed by atoms with Crippen LogP contribution in [-0.2, 0) is 18.4 Å². The summed E-state index contributed by atoms with van der Waals surface area (Å²) < 4.78 is 22.1. The van der Waals surface area contributed by atoms with Crippen molar-refractivity contribution >= 4 is 13.7 Å². The number of phosphoric ester groups is 1. The topological polar surface area (TPSA) is 131 Å². The summed E-state index contributed by atoms with van der Waals surface area (Å²) >= 11 is 0. The number of aliphatic hydroxyl groups excluding tert-OH is 1. The summed E-state index contributed by atoms with van der Waals surface area (Å²) in [5.41, 5.74) is 5.37. The van der Waals surface area contributed by atoms with Crippen LogP contribution in [0.5, 0.6) is 0 Å². The van der Waals surface area contributed by atoms with Crippen molar-refractivity contribution in [3.63, 3.8) is 0 Å². The van der Waals surface area contributed by atoms with Gasteiger partial charge in [-0.05, 0) is 57.8 Å². The number of hydrogen-bond acceptors (Lipinski definition) is 6. The smallest absolute Gasteiger partial charge is 0.387 e. The molecule has 316 valence electrons. The van der Waals surface area contributed by atoms with E-state index < -0.39 is 20.0 Å². The highest BCUT2D eigenvalue weighted by Gasteiger charge is 2.26. The number of aliphatic hydroxyl groups is 1. The molecule has 0 aliphatic carbocycles. The molecule has 3 atom stereocenters. The van der Waals surface area contributed by atoms with Crippen LogP contribution in [-0.4, -0.2) is 47.8 Å². The van der Waals surface area contributed by atoms with Gasteiger partial charge in [-0.1, -0.05) is 184 Å². The number of nitrogens with one attached hydrogen (secondary N) is 1. The van der Waals surface area contributed by atoms with E-state index in [2.05, 4.69) is 55.6 Å². The Morgan fingerprint density at radius 1 is 0.611 bits per heavy atom. The summed E-state index contributed by atoms with van der Waals surface area (Å²) in [6, 6.07) is -0.868. The predicted molar refractivity (Wildman–Crippen MR) is 231 cm³/mol. The number of rotatable bonds is 41. The molecule has 0 aromatic rings. The first-order valence-corrected chi connectivity index (χ1v) is 23.8. The van der Waals surface area contributed by atoms with Gasteiger partial charge >= 0.3 is 7.82 Å². The van der Waals surface area contributed by atoms with Crippen molar-refractivity contribution in [1.29, 1.82) is 0 Å². The van der Waals surface area contributed by atoms with Gasteiger partial charge in [0, 0.05) is 13.0 Å². The van der Waals surface area contributed by atoms with E-state index in [0.29, 0.717) is 6.42 Å². The number of amides is 1. The van der Waals surface area contributed by atoms with E-state index >= 15 is 0 Å². The Hall–Kier alpha value is -1.54. The molecule has 9 heteroatoms. The van der Waals surface area contributed by atoms with E-state index in [0.717, 1.165) is 64.2 Å². The van der Waals surface area contributed by atoms with Crippen LogP contribution in [0.3, 0.4) is 0 Å². The predicted octanol–water partition coefficient (Wildman–Crippen LogP) is 12.5. The van der Waals surface area contributed by atoms with Crippen molar-refractivity contribution in [3.8, 4) is 0 Å². The molecule has 0 saturated heterocycles. The van der Waals surface area contributed by atoms with Crippen molar-refractivity contribution in [1.82, 2.24) is 5.32 Å². The van der Waals surface area contributed by atoms with Gasteiger partial charge in [-0.3, -0.25) is 13.8 Å². The lowest BCUT2D eigenvalue weighted by Crippen LogP contribution is -2.45. The average molecular weight is 781 g/mol. The van der Waals surface area contributed by atoms with E-state index in [-0.39, 0.29) is 25.7 Å². The van der Waals surface area contributed by atoms with Gasteiger partial charge in [0.25, 0.3) is 0 Å². The van der Waals surface area contributed by atoms with Gasteiger partial charge in [0.05, 0.1) is 25.4 Å². The molecular formula is C45H85N2O6P. The summed E-state index contributed by atoms with van der Waals surface area (Å²) in [7, 11) is -4.34. The van der Waals surface area contributed by atoms with E-state index in [1.54, 1.807) is 6.08 Å². The third-order valence-electron chi connectivity index (χ3n) is 9.65. The molecular weight excluding hydrogens is 695 g/mol. The zero-order valence-electron chi connectivity index (χ0n) is 35.0. The van der Waals surface area contributed by atoms with Gasteiger partial charge in [0.1, 0.15) is 0 Å². The number of unbranched alkanes of at least 4 members (excludes halogenated alkanes) is 23. The molecule has 1 amide bonds. The van der Waals surface area contributed by atoms with Gasteiger partial charge in [0.2, 0.25) is 5.91 Å². The van der Waals surface area contributed by atoms with Crippen molar-refractivity contribution in [2.24, 2.45) is 5.73 Å². The third kappa shape index (κ3) is 38.7. The summed E-state index contributed by atoms with van der Waals surface area (Å²) in [5, 5.41) is 13.7. The van der Waals surface area contributed by atoms with Gasteiger partial charge in [-0.15, -0.1) is 0 Å². The lowest BCUT2D eigenvalue weighted by molar-refractivity contribution is -0.123. The van der Waals surface area contributed by atoms with E-state index in [1.807, 2.05) is 6.08 Å². The van der Waals surface area contributed by atoms with Crippen LogP contribution < -0.4 is 11.1 Å². The Morgan fingerprint density at radius 3 is 1.48 bits per heavy atom. The number of nitrogens with two attached hydrogens (primary N) is 1. The molecule has 0 aromatic heterocycles. The summed E-state index contributed by atoms with van der Waals surface area (Å²) in [6.07, 6.45) is 50.1. The molecule has 0 saturated carbocycles. The van der Waals surface area contributed by atoms with Crippen LogP contribution in [0.2, 0.25) is 0 Å². The monoisotopic (exact) mass is 781 g/mol. The van der Waals surface area contributed by atoms with Gasteiger partial charge in [0.15, 0.2) is 0 Å². The molecule has 54 heavy (non-hydrogen) atoms. The molecule has 0 spiro atoms. The molecule has 0 heterocycles. The minimum absolute atomic E-state index is 0.0747.